The first kappa shape index (κ1) is 27.1. The number of rotatable bonds is 6. The van der Waals surface area contributed by atoms with E-state index in [4.69, 9.17) is 11.5 Å². The summed E-state index contributed by atoms with van der Waals surface area (Å²) in [6.45, 7) is 6.28. The van der Waals surface area contributed by atoms with Gasteiger partial charge in [-0.3, -0.25) is 37.4 Å². The molecule has 0 fully saturated rings. The van der Waals surface area contributed by atoms with Gasteiger partial charge in [0, 0.05) is 39.0 Å². The Kier molecular flexibility index (Phi) is 6.92. The van der Waals surface area contributed by atoms with Crippen LogP contribution in [-0.4, -0.2) is 30.1 Å². The van der Waals surface area contributed by atoms with Gasteiger partial charge in [0.1, 0.15) is 23.0 Å². The Labute approximate surface area is 200 Å². The van der Waals surface area contributed by atoms with Crippen LogP contribution in [0.2, 0.25) is 0 Å². The quantitative estimate of drug-likeness (QED) is 0.380. The van der Waals surface area contributed by atoms with Gasteiger partial charge >= 0.3 is 11.4 Å². The van der Waals surface area contributed by atoms with Gasteiger partial charge in [-0.15, -0.1) is 0 Å². The zero-order chi connectivity index (χ0) is 27.2. The summed E-state index contributed by atoms with van der Waals surface area (Å²) < 4.78 is 3.68. The number of amides is 2. The molecule has 0 aliphatic heterocycles. The lowest BCUT2D eigenvalue weighted by Gasteiger charge is -2.33. The largest absolute Gasteiger partial charge is 0.383 e. The first-order valence-corrected chi connectivity index (χ1v) is 10.6. The molecule has 0 saturated heterocycles. The van der Waals surface area contributed by atoms with Crippen LogP contribution in [0.4, 0.5) is 23.0 Å². The van der Waals surface area contributed by atoms with Crippen molar-refractivity contribution < 1.29 is 9.59 Å². The standard InChI is InChI=1S/C21H32N8O6/c1-20(2,16(32)24-10-12(22)26(5)18(34)28(7)14(10)30)9-21(3,4)17(33)25-11-13(23)27(6)19(35)29(8)15(11)31/h9,22-23H2,1-8H3,(H,24,32)(H,25,33). The summed E-state index contributed by atoms with van der Waals surface area (Å²) in [7, 11) is 5.24. The van der Waals surface area contributed by atoms with Crippen molar-refractivity contribution in [2.24, 2.45) is 39.0 Å². The van der Waals surface area contributed by atoms with Gasteiger partial charge in [0.2, 0.25) is 11.8 Å². The van der Waals surface area contributed by atoms with Crippen molar-refractivity contribution in [1.82, 2.24) is 18.3 Å². The van der Waals surface area contributed by atoms with Gasteiger partial charge in [0.15, 0.2) is 0 Å². The average Bonchev–Trinajstić information content (AvgIpc) is 2.78. The Hall–Kier alpha value is -4.10. The molecule has 0 bridgehead atoms. The molecule has 0 spiro atoms. The predicted octanol–water partition coefficient (Wildman–Crippen LogP) is -1.33. The molecule has 0 aliphatic carbocycles. The molecule has 192 valence electrons. The molecule has 14 heteroatoms. The van der Waals surface area contributed by atoms with Crippen LogP contribution in [0.1, 0.15) is 34.1 Å². The monoisotopic (exact) mass is 492 g/mol. The van der Waals surface area contributed by atoms with Crippen molar-refractivity contribution in [3.63, 3.8) is 0 Å². The van der Waals surface area contributed by atoms with E-state index < -0.39 is 45.1 Å². The van der Waals surface area contributed by atoms with E-state index in [9.17, 15) is 28.8 Å². The summed E-state index contributed by atoms with van der Waals surface area (Å²) in [5.74, 6) is -1.64. The molecule has 14 nitrogen and oxygen atoms in total. The van der Waals surface area contributed by atoms with Crippen LogP contribution in [0, 0.1) is 10.8 Å². The molecular weight excluding hydrogens is 460 g/mol. The Balaban J connectivity index is 2.34. The second kappa shape index (κ2) is 8.92. The molecule has 2 aromatic rings. The second-order valence-electron chi connectivity index (χ2n) is 9.78. The molecule has 2 heterocycles. The van der Waals surface area contributed by atoms with Crippen LogP contribution in [0.25, 0.3) is 0 Å². The number of nitrogens with two attached hydrogens (primary N) is 2. The van der Waals surface area contributed by atoms with E-state index in [1.165, 1.54) is 28.2 Å². The zero-order valence-corrected chi connectivity index (χ0v) is 21.1. The maximum Gasteiger partial charge on any atom is 0.332 e. The molecule has 0 saturated carbocycles. The molecule has 0 aliphatic rings. The number of nitrogen functional groups attached to an aromatic ring is 2. The number of hydrogen-bond donors (Lipinski definition) is 4. The second-order valence-corrected chi connectivity index (χ2v) is 9.78. The van der Waals surface area contributed by atoms with Gasteiger partial charge < -0.3 is 22.1 Å². The summed E-state index contributed by atoms with van der Waals surface area (Å²) in [6.07, 6.45) is -0.0182. The smallest absolute Gasteiger partial charge is 0.332 e. The lowest BCUT2D eigenvalue weighted by atomic mass is 9.74. The zero-order valence-electron chi connectivity index (χ0n) is 21.1. The molecule has 0 radical (unpaired) electrons. The molecule has 2 amide bonds. The molecule has 0 aromatic carbocycles. The fourth-order valence-corrected chi connectivity index (χ4v) is 3.79. The van der Waals surface area contributed by atoms with Crippen molar-refractivity contribution in [2.75, 3.05) is 22.1 Å². The fraction of sp³-hybridized carbons (Fsp3) is 0.524. The number of anilines is 4. The van der Waals surface area contributed by atoms with Crippen molar-refractivity contribution in [3.05, 3.63) is 41.7 Å². The van der Waals surface area contributed by atoms with Crippen molar-refractivity contribution >= 4 is 34.8 Å². The highest BCUT2D eigenvalue weighted by Gasteiger charge is 2.40. The van der Waals surface area contributed by atoms with Crippen molar-refractivity contribution in [2.45, 2.75) is 34.1 Å². The molecule has 2 aromatic heterocycles. The Morgan fingerprint density at radius 3 is 1.23 bits per heavy atom. The van der Waals surface area contributed by atoms with E-state index in [0.29, 0.717) is 0 Å². The number of carbonyl (C=O) groups excluding carboxylic acids is 2. The number of nitrogens with one attached hydrogen (secondary N) is 2. The lowest BCUT2D eigenvalue weighted by molar-refractivity contribution is -0.130. The summed E-state index contributed by atoms with van der Waals surface area (Å²) in [4.78, 5) is 75.2. The van der Waals surface area contributed by atoms with Crippen LogP contribution in [0.5, 0.6) is 0 Å². The molecule has 0 atom stereocenters. The van der Waals surface area contributed by atoms with Gasteiger partial charge in [0.05, 0.1) is 0 Å². The number of nitrogens with zero attached hydrogens (tertiary/aromatic N) is 4. The van der Waals surface area contributed by atoms with Crippen LogP contribution in [-0.2, 0) is 37.8 Å². The lowest BCUT2D eigenvalue weighted by Crippen LogP contribution is -2.45. The molecule has 35 heavy (non-hydrogen) atoms. The summed E-state index contributed by atoms with van der Waals surface area (Å²) in [6, 6.07) is 0. The maximum absolute atomic E-state index is 13.1. The highest BCUT2D eigenvalue weighted by atomic mass is 16.2. The average molecular weight is 493 g/mol. The van der Waals surface area contributed by atoms with E-state index in [-0.39, 0.29) is 29.4 Å². The Bertz CT molecular complexity index is 1350. The molecule has 2 rings (SSSR count). The van der Waals surface area contributed by atoms with Crippen LogP contribution < -0.4 is 44.6 Å². The van der Waals surface area contributed by atoms with Crippen molar-refractivity contribution in [1.29, 1.82) is 0 Å². The minimum atomic E-state index is -1.20. The topological polar surface area (TPSA) is 198 Å². The van der Waals surface area contributed by atoms with Gasteiger partial charge in [0.25, 0.3) is 11.1 Å². The summed E-state index contributed by atoms with van der Waals surface area (Å²) in [5.41, 5.74) is 6.00. The maximum atomic E-state index is 13.1. The number of carbonyl (C=O) groups is 2. The minimum absolute atomic E-state index is 0.0182. The van der Waals surface area contributed by atoms with Gasteiger partial charge in [-0.1, -0.05) is 27.7 Å². The van der Waals surface area contributed by atoms with E-state index in [0.717, 1.165) is 18.3 Å². The third kappa shape index (κ3) is 4.76. The van der Waals surface area contributed by atoms with Crippen LogP contribution >= 0.6 is 0 Å². The van der Waals surface area contributed by atoms with Crippen LogP contribution in [0.3, 0.4) is 0 Å². The highest BCUT2D eigenvalue weighted by Crippen LogP contribution is 2.36. The number of hydrogen-bond acceptors (Lipinski definition) is 8. The van der Waals surface area contributed by atoms with Gasteiger partial charge in [-0.05, 0) is 6.42 Å². The van der Waals surface area contributed by atoms with Crippen molar-refractivity contribution in [3.8, 4) is 0 Å². The first-order valence-electron chi connectivity index (χ1n) is 10.6. The normalized spacial score (nSPS) is 11.9. The predicted molar refractivity (Wildman–Crippen MR) is 132 cm³/mol. The van der Waals surface area contributed by atoms with Gasteiger partial charge in [-0.2, -0.15) is 0 Å². The molecule has 6 N–H and O–H groups in total. The molecular formula is C21H32N8O6. The summed E-state index contributed by atoms with van der Waals surface area (Å²) in [5, 5.41) is 4.96. The summed E-state index contributed by atoms with van der Waals surface area (Å²) >= 11 is 0. The third-order valence-corrected chi connectivity index (χ3v) is 6.01. The SMILES string of the molecule is Cn1c(N)c(NC(=O)C(C)(C)CC(C)(C)C(=O)Nc2c(N)n(C)c(=O)n(C)c2=O)c(=O)n(C)c1=O. The van der Waals surface area contributed by atoms with E-state index in [1.807, 2.05) is 0 Å². The highest BCUT2D eigenvalue weighted by molar-refractivity contribution is 5.99. The van der Waals surface area contributed by atoms with E-state index >= 15 is 0 Å². The first-order chi connectivity index (χ1) is 15.8. The minimum Gasteiger partial charge on any atom is -0.383 e. The Morgan fingerprint density at radius 2 is 0.943 bits per heavy atom. The Morgan fingerprint density at radius 1 is 0.657 bits per heavy atom. The number of aromatic nitrogens is 4. The van der Waals surface area contributed by atoms with Gasteiger partial charge in [-0.25, -0.2) is 9.59 Å². The van der Waals surface area contributed by atoms with Crippen LogP contribution in [0.15, 0.2) is 19.2 Å². The third-order valence-electron chi connectivity index (χ3n) is 6.01. The fourth-order valence-electron chi connectivity index (χ4n) is 3.79. The molecule has 0 unspecified atom stereocenters. The van der Waals surface area contributed by atoms with E-state index in [2.05, 4.69) is 10.6 Å². The van der Waals surface area contributed by atoms with E-state index in [1.54, 1.807) is 27.7 Å².